The molecule has 138 valence electrons. The zero-order chi connectivity index (χ0) is 18.4. The van der Waals surface area contributed by atoms with Crippen LogP contribution in [-0.2, 0) is 0 Å². The summed E-state index contributed by atoms with van der Waals surface area (Å²) in [6.45, 7) is 4.48. The third kappa shape index (κ3) is 4.40. The lowest BCUT2D eigenvalue weighted by Crippen LogP contribution is -2.48. The smallest absolute Gasteiger partial charge is 0.341 e. The van der Waals surface area contributed by atoms with E-state index in [9.17, 15) is 9.90 Å². The molecule has 8 nitrogen and oxygen atoms in total. The number of aromatic nitrogens is 2. The fraction of sp³-hybridized carbons (Fsp3) is 0.389. The van der Waals surface area contributed by atoms with Gasteiger partial charge in [-0.2, -0.15) is 0 Å². The minimum Gasteiger partial charge on any atom is -0.497 e. The molecule has 0 aliphatic carbocycles. The van der Waals surface area contributed by atoms with Crippen molar-refractivity contribution in [3.63, 3.8) is 0 Å². The van der Waals surface area contributed by atoms with Crippen molar-refractivity contribution in [3.8, 4) is 11.5 Å². The van der Waals surface area contributed by atoms with Gasteiger partial charge in [0.2, 0.25) is 0 Å². The molecule has 1 fully saturated rings. The molecule has 0 atom stereocenters. The molecule has 1 aliphatic rings. The number of aromatic carboxylic acids is 1. The molecule has 2 aromatic rings. The quantitative estimate of drug-likeness (QED) is 0.794. The van der Waals surface area contributed by atoms with Crippen molar-refractivity contribution in [2.45, 2.75) is 0 Å². The molecule has 1 N–H and O–H groups in total. The lowest BCUT2D eigenvalue weighted by Gasteiger charge is -2.35. The predicted octanol–water partition coefficient (Wildman–Crippen LogP) is 1.38. The molecule has 26 heavy (non-hydrogen) atoms. The monoisotopic (exact) mass is 358 g/mol. The number of nitrogens with zero attached hydrogens (tertiary/aromatic N) is 4. The highest BCUT2D eigenvalue weighted by molar-refractivity contribution is 5.92. The van der Waals surface area contributed by atoms with Gasteiger partial charge in [0.15, 0.2) is 0 Å². The van der Waals surface area contributed by atoms with Gasteiger partial charge < -0.3 is 19.5 Å². The van der Waals surface area contributed by atoms with Crippen molar-refractivity contribution < 1.29 is 19.4 Å². The van der Waals surface area contributed by atoms with E-state index in [1.807, 2.05) is 29.2 Å². The largest absolute Gasteiger partial charge is 0.497 e. The van der Waals surface area contributed by atoms with Gasteiger partial charge in [-0.1, -0.05) is 6.07 Å². The Hall–Kier alpha value is -2.87. The van der Waals surface area contributed by atoms with Crippen molar-refractivity contribution in [2.24, 2.45) is 0 Å². The van der Waals surface area contributed by atoms with Crippen molar-refractivity contribution in [1.82, 2.24) is 14.9 Å². The van der Waals surface area contributed by atoms with Gasteiger partial charge >= 0.3 is 5.97 Å². The first-order valence-corrected chi connectivity index (χ1v) is 8.45. The Labute approximate surface area is 152 Å². The Bertz CT molecular complexity index is 747. The zero-order valence-electron chi connectivity index (χ0n) is 14.7. The summed E-state index contributed by atoms with van der Waals surface area (Å²) < 4.78 is 11.0. The summed E-state index contributed by atoms with van der Waals surface area (Å²) in [4.78, 5) is 23.5. The van der Waals surface area contributed by atoms with Gasteiger partial charge in [-0.15, -0.1) is 0 Å². The number of hydrogen-bond acceptors (Lipinski definition) is 7. The first-order chi connectivity index (χ1) is 12.7. The van der Waals surface area contributed by atoms with E-state index in [4.69, 9.17) is 9.47 Å². The van der Waals surface area contributed by atoms with E-state index in [-0.39, 0.29) is 5.56 Å². The van der Waals surface area contributed by atoms with Crippen LogP contribution in [0.1, 0.15) is 10.4 Å². The summed E-state index contributed by atoms with van der Waals surface area (Å²) >= 11 is 0. The average Bonchev–Trinajstić information content (AvgIpc) is 2.68. The topological polar surface area (TPSA) is 88.0 Å². The zero-order valence-corrected chi connectivity index (χ0v) is 14.7. The predicted molar refractivity (Wildman–Crippen MR) is 96.1 cm³/mol. The second-order valence-corrected chi connectivity index (χ2v) is 5.92. The molecule has 3 rings (SSSR count). The van der Waals surface area contributed by atoms with Gasteiger partial charge in [0.05, 0.1) is 7.11 Å². The SMILES string of the molecule is COc1cccc(OCCN2CCN(c3ncncc3C(=O)O)CC2)c1. The summed E-state index contributed by atoms with van der Waals surface area (Å²) in [6, 6.07) is 7.54. The molecule has 1 aromatic heterocycles. The highest BCUT2D eigenvalue weighted by atomic mass is 16.5. The number of benzene rings is 1. The van der Waals surface area contributed by atoms with Gasteiger partial charge in [0, 0.05) is 45.0 Å². The van der Waals surface area contributed by atoms with E-state index < -0.39 is 5.97 Å². The Morgan fingerprint density at radius 3 is 2.73 bits per heavy atom. The highest BCUT2D eigenvalue weighted by Crippen LogP contribution is 2.20. The number of rotatable bonds is 7. The van der Waals surface area contributed by atoms with Gasteiger partial charge in [-0.3, -0.25) is 4.90 Å². The number of piperazine rings is 1. The number of methoxy groups -OCH3 is 1. The maximum atomic E-state index is 11.3. The first kappa shape index (κ1) is 17.9. The molecular formula is C18H22N4O4. The lowest BCUT2D eigenvalue weighted by molar-refractivity contribution is 0.0696. The van der Waals surface area contributed by atoms with Crippen molar-refractivity contribution in [2.75, 3.05) is 51.3 Å². The third-order valence-corrected chi connectivity index (χ3v) is 4.31. The lowest BCUT2D eigenvalue weighted by atomic mass is 10.2. The van der Waals surface area contributed by atoms with Crippen molar-refractivity contribution in [3.05, 3.63) is 42.4 Å². The van der Waals surface area contributed by atoms with Crippen LogP contribution >= 0.6 is 0 Å². The summed E-state index contributed by atoms with van der Waals surface area (Å²) in [6.07, 6.45) is 2.73. The van der Waals surface area contributed by atoms with Crippen LogP contribution in [-0.4, -0.2) is 72.4 Å². The number of ether oxygens (including phenoxy) is 2. The fourth-order valence-electron chi connectivity index (χ4n) is 2.89. The number of carboxylic acids is 1. The Balaban J connectivity index is 1.48. The first-order valence-electron chi connectivity index (χ1n) is 8.45. The van der Waals surface area contributed by atoms with Crippen LogP contribution in [0, 0.1) is 0 Å². The highest BCUT2D eigenvalue weighted by Gasteiger charge is 2.22. The summed E-state index contributed by atoms with van der Waals surface area (Å²) in [7, 11) is 1.63. The summed E-state index contributed by atoms with van der Waals surface area (Å²) in [5.74, 6) is 1.04. The van der Waals surface area contributed by atoms with Crippen molar-refractivity contribution in [1.29, 1.82) is 0 Å². The molecule has 0 spiro atoms. The fourth-order valence-corrected chi connectivity index (χ4v) is 2.89. The molecule has 0 unspecified atom stereocenters. The van der Waals surface area contributed by atoms with Gasteiger partial charge in [0.25, 0.3) is 0 Å². The normalized spacial score (nSPS) is 14.9. The molecule has 1 aliphatic heterocycles. The molecule has 2 heterocycles. The molecular weight excluding hydrogens is 336 g/mol. The molecule has 8 heteroatoms. The molecule has 0 amide bonds. The molecule has 0 bridgehead atoms. The van der Waals surface area contributed by atoms with E-state index in [2.05, 4.69) is 14.9 Å². The maximum absolute atomic E-state index is 11.3. The van der Waals surface area contributed by atoms with Crippen molar-refractivity contribution >= 4 is 11.8 Å². The van der Waals surface area contributed by atoms with Gasteiger partial charge in [-0.25, -0.2) is 14.8 Å². The van der Waals surface area contributed by atoms with Crippen LogP contribution in [0.25, 0.3) is 0 Å². The number of hydrogen-bond donors (Lipinski definition) is 1. The number of anilines is 1. The number of carboxylic acid groups (broad SMARTS) is 1. The van der Waals surface area contributed by atoms with Crippen LogP contribution in [0.3, 0.4) is 0 Å². The maximum Gasteiger partial charge on any atom is 0.341 e. The third-order valence-electron chi connectivity index (χ3n) is 4.31. The molecule has 0 radical (unpaired) electrons. The second-order valence-electron chi connectivity index (χ2n) is 5.92. The average molecular weight is 358 g/mol. The Morgan fingerprint density at radius 1 is 1.23 bits per heavy atom. The second kappa shape index (κ2) is 8.48. The molecule has 1 saturated heterocycles. The minimum absolute atomic E-state index is 0.141. The van der Waals surface area contributed by atoms with Gasteiger partial charge in [-0.05, 0) is 12.1 Å². The Morgan fingerprint density at radius 2 is 2.00 bits per heavy atom. The van der Waals surface area contributed by atoms with E-state index in [0.717, 1.165) is 44.2 Å². The van der Waals surface area contributed by atoms with Crippen LogP contribution < -0.4 is 14.4 Å². The minimum atomic E-state index is -1.00. The van der Waals surface area contributed by atoms with E-state index in [0.29, 0.717) is 12.4 Å². The van der Waals surface area contributed by atoms with Crippen LogP contribution in [0.15, 0.2) is 36.8 Å². The van der Waals surface area contributed by atoms with E-state index in [1.165, 1.54) is 12.5 Å². The number of carbonyl (C=O) groups is 1. The molecule has 0 saturated carbocycles. The van der Waals surface area contributed by atoms with Crippen LogP contribution in [0.5, 0.6) is 11.5 Å². The van der Waals surface area contributed by atoms with E-state index in [1.54, 1.807) is 7.11 Å². The summed E-state index contributed by atoms with van der Waals surface area (Å²) in [5, 5.41) is 9.27. The van der Waals surface area contributed by atoms with Crippen LogP contribution in [0.2, 0.25) is 0 Å². The van der Waals surface area contributed by atoms with Crippen LogP contribution in [0.4, 0.5) is 5.82 Å². The summed E-state index contributed by atoms with van der Waals surface area (Å²) in [5.41, 5.74) is 0.141. The standard InChI is InChI=1S/C18H22N4O4/c1-25-14-3-2-4-15(11-14)26-10-9-21-5-7-22(8-6-21)17-16(18(23)24)12-19-13-20-17/h2-4,11-13H,5-10H2,1H3,(H,23,24). The van der Waals surface area contributed by atoms with E-state index >= 15 is 0 Å². The Kier molecular flexibility index (Phi) is 5.85. The van der Waals surface area contributed by atoms with Gasteiger partial charge in [0.1, 0.15) is 35.8 Å². The molecule has 1 aromatic carbocycles.